The Labute approximate surface area is 99.6 Å². The first-order valence-electron chi connectivity index (χ1n) is 5.41. The molecule has 5 heteroatoms. The van der Waals surface area contributed by atoms with Crippen molar-refractivity contribution in [1.82, 2.24) is 10.1 Å². The van der Waals surface area contributed by atoms with Gasteiger partial charge < -0.3 is 15.0 Å². The average molecular weight is 233 g/mol. The van der Waals surface area contributed by atoms with Crippen LogP contribution in [0, 0.1) is 6.92 Å². The zero-order valence-corrected chi connectivity index (χ0v) is 9.88. The van der Waals surface area contributed by atoms with Crippen LogP contribution in [0.4, 0.5) is 0 Å². The van der Waals surface area contributed by atoms with E-state index < -0.39 is 0 Å². The molecule has 0 amide bonds. The third-order valence-corrected chi connectivity index (χ3v) is 2.49. The Bertz CT molecular complexity index is 481. The molecule has 2 aromatic rings. The molecule has 0 radical (unpaired) electrons. The molecule has 0 spiro atoms. The minimum atomic E-state index is 0.0277. The van der Waals surface area contributed by atoms with Crippen LogP contribution in [0.3, 0.4) is 0 Å². The first-order valence-corrected chi connectivity index (χ1v) is 5.41. The number of ether oxygens (including phenoxy) is 1. The van der Waals surface area contributed by atoms with Gasteiger partial charge in [-0.05, 0) is 31.0 Å². The van der Waals surface area contributed by atoms with Crippen molar-refractivity contribution in [1.29, 1.82) is 0 Å². The van der Waals surface area contributed by atoms with Gasteiger partial charge in [-0.1, -0.05) is 17.3 Å². The van der Waals surface area contributed by atoms with Gasteiger partial charge in [0.1, 0.15) is 5.75 Å². The molecule has 0 bridgehead atoms. The summed E-state index contributed by atoms with van der Waals surface area (Å²) in [6, 6.07) is 5.92. The second-order valence-corrected chi connectivity index (χ2v) is 3.95. The van der Waals surface area contributed by atoms with Crippen molar-refractivity contribution in [2.45, 2.75) is 26.5 Å². The lowest BCUT2D eigenvalue weighted by Gasteiger charge is -2.11. The quantitative estimate of drug-likeness (QED) is 0.873. The second-order valence-electron chi connectivity index (χ2n) is 3.95. The van der Waals surface area contributed by atoms with Gasteiger partial charge in [0.2, 0.25) is 12.2 Å². The fourth-order valence-electron chi connectivity index (χ4n) is 1.52. The highest BCUT2D eigenvalue weighted by atomic mass is 16.5. The van der Waals surface area contributed by atoms with Gasteiger partial charge in [0, 0.05) is 6.04 Å². The standard InChI is InChI=1S/C12H15N3O2/c1-8-5-10(9(2)13)3-4-11(8)16-6-12-14-7-17-15-12/h3-5,7,9H,6,13H2,1-2H3/t9-/m0/s1. The van der Waals surface area contributed by atoms with Crippen molar-refractivity contribution in [3.8, 4) is 5.75 Å². The molecule has 17 heavy (non-hydrogen) atoms. The van der Waals surface area contributed by atoms with Crippen molar-refractivity contribution in [3.05, 3.63) is 41.5 Å². The maximum Gasteiger partial charge on any atom is 0.213 e. The highest BCUT2D eigenvalue weighted by Crippen LogP contribution is 2.22. The van der Waals surface area contributed by atoms with Crippen LogP contribution in [-0.2, 0) is 6.61 Å². The van der Waals surface area contributed by atoms with Gasteiger partial charge in [0.05, 0.1) is 0 Å². The lowest BCUT2D eigenvalue weighted by molar-refractivity contribution is 0.284. The minimum Gasteiger partial charge on any atom is -0.485 e. The van der Waals surface area contributed by atoms with E-state index in [-0.39, 0.29) is 6.04 Å². The molecule has 0 aliphatic heterocycles. The Morgan fingerprint density at radius 1 is 1.47 bits per heavy atom. The van der Waals surface area contributed by atoms with E-state index >= 15 is 0 Å². The van der Waals surface area contributed by atoms with E-state index in [9.17, 15) is 0 Å². The molecule has 0 aliphatic carbocycles. The molecular formula is C12H15N3O2. The number of hydrogen-bond donors (Lipinski definition) is 1. The van der Waals surface area contributed by atoms with E-state index in [0.29, 0.717) is 12.4 Å². The number of nitrogens with zero attached hydrogens (tertiary/aromatic N) is 2. The number of nitrogens with two attached hydrogens (primary N) is 1. The van der Waals surface area contributed by atoms with Crippen LogP contribution < -0.4 is 10.5 Å². The van der Waals surface area contributed by atoms with Gasteiger partial charge in [-0.15, -0.1) is 0 Å². The molecule has 1 aromatic carbocycles. The van der Waals surface area contributed by atoms with Crippen LogP contribution in [0.2, 0.25) is 0 Å². The highest BCUT2D eigenvalue weighted by Gasteiger charge is 2.06. The largest absolute Gasteiger partial charge is 0.485 e. The summed E-state index contributed by atoms with van der Waals surface area (Å²) in [7, 11) is 0. The predicted molar refractivity (Wildman–Crippen MR) is 62.4 cm³/mol. The number of rotatable bonds is 4. The number of hydrogen-bond acceptors (Lipinski definition) is 5. The Morgan fingerprint density at radius 3 is 2.88 bits per heavy atom. The molecular weight excluding hydrogens is 218 g/mol. The third-order valence-electron chi connectivity index (χ3n) is 2.49. The number of benzene rings is 1. The molecule has 0 saturated carbocycles. The summed E-state index contributed by atoms with van der Waals surface area (Å²) in [4.78, 5) is 3.88. The van der Waals surface area contributed by atoms with Crippen LogP contribution in [0.5, 0.6) is 5.75 Å². The Kier molecular flexibility index (Phi) is 3.39. The Balaban J connectivity index is 2.06. The first kappa shape index (κ1) is 11.6. The molecule has 2 N–H and O–H groups in total. The van der Waals surface area contributed by atoms with E-state index in [1.165, 1.54) is 6.39 Å². The smallest absolute Gasteiger partial charge is 0.213 e. The maximum absolute atomic E-state index is 5.81. The monoisotopic (exact) mass is 233 g/mol. The normalized spacial score (nSPS) is 12.4. The van der Waals surface area contributed by atoms with Crippen molar-refractivity contribution >= 4 is 0 Å². The summed E-state index contributed by atoms with van der Waals surface area (Å²) in [5.74, 6) is 1.33. The van der Waals surface area contributed by atoms with E-state index in [4.69, 9.17) is 10.5 Å². The molecule has 0 unspecified atom stereocenters. The second kappa shape index (κ2) is 4.97. The summed E-state index contributed by atoms with van der Waals surface area (Å²) < 4.78 is 10.2. The summed E-state index contributed by atoms with van der Waals surface area (Å²) in [6.07, 6.45) is 1.28. The van der Waals surface area contributed by atoms with Gasteiger partial charge in [0.25, 0.3) is 0 Å². The van der Waals surface area contributed by atoms with Crippen LogP contribution in [0.25, 0.3) is 0 Å². The zero-order chi connectivity index (χ0) is 12.3. The molecule has 0 saturated heterocycles. The van der Waals surface area contributed by atoms with Crippen molar-refractivity contribution in [3.63, 3.8) is 0 Å². The summed E-state index contributed by atoms with van der Waals surface area (Å²) in [5.41, 5.74) is 7.95. The van der Waals surface area contributed by atoms with Crippen LogP contribution in [0.1, 0.15) is 29.9 Å². The van der Waals surface area contributed by atoms with Gasteiger partial charge in [0.15, 0.2) is 6.61 Å². The fraction of sp³-hybridized carbons (Fsp3) is 0.333. The van der Waals surface area contributed by atoms with Crippen LogP contribution >= 0.6 is 0 Å². The molecule has 1 heterocycles. The van der Waals surface area contributed by atoms with E-state index in [1.54, 1.807) is 0 Å². The third kappa shape index (κ3) is 2.82. The Hall–Kier alpha value is -1.88. The molecule has 5 nitrogen and oxygen atoms in total. The predicted octanol–water partition coefficient (Wildman–Crippen LogP) is 1.98. The SMILES string of the molecule is Cc1cc([C@H](C)N)ccc1OCc1ncon1. The van der Waals surface area contributed by atoms with Crippen molar-refractivity contribution in [2.75, 3.05) is 0 Å². The average Bonchev–Trinajstić information content (AvgIpc) is 2.80. The minimum absolute atomic E-state index is 0.0277. The summed E-state index contributed by atoms with van der Waals surface area (Å²) in [5, 5.41) is 3.68. The first-order chi connectivity index (χ1) is 8.16. The van der Waals surface area contributed by atoms with Gasteiger partial charge in [-0.2, -0.15) is 4.98 Å². The molecule has 1 aromatic heterocycles. The van der Waals surface area contributed by atoms with Crippen LogP contribution in [-0.4, -0.2) is 10.1 Å². The lowest BCUT2D eigenvalue weighted by Crippen LogP contribution is -2.05. The summed E-state index contributed by atoms with van der Waals surface area (Å²) in [6.45, 7) is 4.24. The fourth-order valence-corrected chi connectivity index (χ4v) is 1.52. The zero-order valence-electron chi connectivity index (χ0n) is 9.88. The summed E-state index contributed by atoms with van der Waals surface area (Å²) >= 11 is 0. The van der Waals surface area contributed by atoms with Crippen molar-refractivity contribution < 1.29 is 9.26 Å². The van der Waals surface area contributed by atoms with Crippen molar-refractivity contribution in [2.24, 2.45) is 5.73 Å². The van der Waals surface area contributed by atoms with Gasteiger partial charge >= 0.3 is 0 Å². The van der Waals surface area contributed by atoms with Crippen LogP contribution in [0.15, 0.2) is 29.1 Å². The molecule has 0 fully saturated rings. The number of aryl methyl sites for hydroxylation is 1. The van der Waals surface area contributed by atoms with Gasteiger partial charge in [-0.3, -0.25) is 0 Å². The van der Waals surface area contributed by atoms with E-state index in [2.05, 4.69) is 14.7 Å². The Morgan fingerprint density at radius 2 is 2.29 bits per heavy atom. The van der Waals surface area contributed by atoms with E-state index in [1.807, 2.05) is 32.0 Å². The molecule has 1 atom stereocenters. The maximum atomic E-state index is 5.81. The molecule has 2 rings (SSSR count). The molecule has 90 valence electrons. The lowest BCUT2D eigenvalue weighted by atomic mass is 10.1. The van der Waals surface area contributed by atoms with E-state index in [0.717, 1.165) is 16.9 Å². The highest BCUT2D eigenvalue weighted by molar-refractivity contribution is 5.37. The number of aromatic nitrogens is 2. The topological polar surface area (TPSA) is 74.2 Å². The van der Waals surface area contributed by atoms with Gasteiger partial charge in [-0.25, -0.2) is 0 Å². The molecule has 0 aliphatic rings.